The molecule has 1 aliphatic heterocycles. The van der Waals surface area contributed by atoms with Crippen LogP contribution in [0.3, 0.4) is 0 Å². The predicted octanol–water partition coefficient (Wildman–Crippen LogP) is 1.41. The van der Waals surface area contributed by atoms with E-state index in [1.54, 1.807) is 12.1 Å². The molecule has 0 saturated carbocycles. The molecule has 1 fully saturated rings. The van der Waals surface area contributed by atoms with Crippen LogP contribution in [0.2, 0.25) is 0 Å². The van der Waals surface area contributed by atoms with Crippen LogP contribution in [0.15, 0.2) is 18.2 Å². The van der Waals surface area contributed by atoms with Crippen molar-refractivity contribution in [1.29, 1.82) is 0 Å². The minimum absolute atomic E-state index is 0.0198. The van der Waals surface area contributed by atoms with E-state index in [0.717, 1.165) is 0 Å². The fourth-order valence-electron chi connectivity index (χ4n) is 2.09. The molecule has 114 valence electrons. The van der Waals surface area contributed by atoms with Crippen LogP contribution in [0.4, 0.5) is 4.39 Å². The molecule has 1 aromatic rings. The van der Waals surface area contributed by atoms with E-state index in [4.69, 9.17) is 9.31 Å². The third-order valence-electron chi connectivity index (χ3n) is 4.23. The van der Waals surface area contributed by atoms with Gasteiger partial charge in [-0.3, -0.25) is 4.79 Å². The number of amides is 1. The van der Waals surface area contributed by atoms with Crippen LogP contribution in [-0.4, -0.2) is 31.3 Å². The molecule has 0 spiro atoms. The van der Waals surface area contributed by atoms with E-state index in [0.29, 0.717) is 11.0 Å². The van der Waals surface area contributed by atoms with Crippen molar-refractivity contribution in [2.45, 2.75) is 45.3 Å². The van der Waals surface area contributed by atoms with E-state index in [2.05, 4.69) is 5.32 Å². The molecule has 1 heterocycles. The minimum atomic E-state index is -0.599. The first-order valence-electron chi connectivity index (χ1n) is 7.01. The van der Waals surface area contributed by atoms with Gasteiger partial charge in [-0.15, -0.1) is 0 Å². The molecule has 1 amide bonds. The smallest absolute Gasteiger partial charge is 0.399 e. The number of likely N-dealkylation sites (N-methyl/N-ethyl adjacent to an activating group) is 1. The van der Waals surface area contributed by atoms with E-state index in [1.807, 2.05) is 27.7 Å². The molecule has 0 bridgehead atoms. The molecule has 21 heavy (non-hydrogen) atoms. The van der Waals surface area contributed by atoms with Crippen molar-refractivity contribution in [2.75, 3.05) is 7.05 Å². The lowest BCUT2D eigenvalue weighted by Crippen LogP contribution is -2.41. The lowest BCUT2D eigenvalue weighted by atomic mass is 9.78. The lowest BCUT2D eigenvalue weighted by Gasteiger charge is -2.32. The number of rotatable bonds is 3. The van der Waals surface area contributed by atoms with Crippen molar-refractivity contribution in [1.82, 2.24) is 5.32 Å². The zero-order valence-electron chi connectivity index (χ0n) is 13.1. The van der Waals surface area contributed by atoms with Gasteiger partial charge in [-0.25, -0.2) is 4.39 Å². The summed E-state index contributed by atoms with van der Waals surface area (Å²) in [4.78, 5) is 11.3. The van der Waals surface area contributed by atoms with Crippen molar-refractivity contribution in [2.24, 2.45) is 0 Å². The number of hydrogen-bond acceptors (Lipinski definition) is 3. The van der Waals surface area contributed by atoms with Crippen LogP contribution in [0.5, 0.6) is 0 Å². The highest BCUT2D eigenvalue weighted by atomic mass is 19.1. The van der Waals surface area contributed by atoms with E-state index >= 15 is 0 Å². The summed E-state index contributed by atoms with van der Waals surface area (Å²) in [5, 5.41) is 2.48. The highest BCUT2D eigenvalue weighted by Gasteiger charge is 2.51. The van der Waals surface area contributed by atoms with E-state index in [9.17, 15) is 9.18 Å². The summed E-state index contributed by atoms with van der Waals surface area (Å²) in [6.45, 7) is 7.79. The van der Waals surface area contributed by atoms with Crippen molar-refractivity contribution in [3.63, 3.8) is 0 Å². The number of carbonyl (C=O) groups is 1. The first-order valence-corrected chi connectivity index (χ1v) is 7.01. The van der Waals surface area contributed by atoms with Gasteiger partial charge in [0.1, 0.15) is 5.82 Å². The maximum Gasteiger partial charge on any atom is 0.494 e. The fraction of sp³-hybridized carbons (Fsp3) is 0.533. The maximum absolute atomic E-state index is 14.1. The quantitative estimate of drug-likeness (QED) is 0.857. The second-order valence-corrected chi connectivity index (χ2v) is 6.29. The molecule has 0 radical (unpaired) electrons. The Morgan fingerprint density at radius 3 is 2.29 bits per heavy atom. The normalized spacial score (nSPS) is 19.6. The summed E-state index contributed by atoms with van der Waals surface area (Å²) in [6, 6.07) is 4.72. The zero-order valence-corrected chi connectivity index (χ0v) is 13.1. The first-order chi connectivity index (χ1) is 9.66. The fourth-order valence-corrected chi connectivity index (χ4v) is 2.09. The molecule has 4 nitrogen and oxygen atoms in total. The van der Waals surface area contributed by atoms with Crippen LogP contribution in [0.25, 0.3) is 0 Å². The van der Waals surface area contributed by atoms with Crippen molar-refractivity contribution < 1.29 is 18.5 Å². The molecule has 0 atom stereocenters. The minimum Gasteiger partial charge on any atom is -0.399 e. The Balaban J connectivity index is 2.20. The van der Waals surface area contributed by atoms with Gasteiger partial charge in [0, 0.05) is 7.05 Å². The average Bonchev–Trinajstić information content (AvgIpc) is 2.60. The number of benzene rings is 1. The highest BCUT2D eigenvalue weighted by Crippen LogP contribution is 2.36. The standard InChI is InChI=1S/C15H21BFNO3/c1-14(2)15(3,4)21-16(20-14)11-7-6-10(12(17)9-11)8-13(19)18-5/h6-7,9H,8H2,1-5H3,(H,18,19). The summed E-state index contributed by atoms with van der Waals surface area (Å²) < 4.78 is 25.9. The van der Waals surface area contributed by atoms with Crippen molar-refractivity contribution in [3.05, 3.63) is 29.6 Å². The maximum atomic E-state index is 14.1. The summed E-state index contributed by atoms with van der Waals surface area (Å²) in [6.07, 6.45) is 0.0198. The van der Waals surface area contributed by atoms with E-state index in [1.165, 1.54) is 13.1 Å². The number of halogens is 1. The molecule has 1 aromatic carbocycles. The molecule has 1 aliphatic rings. The van der Waals surface area contributed by atoms with Crippen LogP contribution < -0.4 is 10.8 Å². The summed E-state index contributed by atoms with van der Waals surface area (Å²) in [5.74, 6) is -0.650. The van der Waals surface area contributed by atoms with Gasteiger partial charge < -0.3 is 14.6 Å². The largest absolute Gasteiger partial charge is 0.494 e. The molecule has 6 heteroatoms. The van der Waals surface area contributed by atoms with E-state index < -0.39 is 24.1 Å². The molecule has 2 rings (SSSR count). The number of carbonyl (C=O) groups excluding carboxylic acids is 1. The average molecular weight is 293 g/mol. The molecule has 0 unspecified atom stereocenters. The third-order valence-corrected chi connectivity index (χ3v) is 4.23. The molecule has 0 aliphatic carbocycles. The monoisotopic (exact) mass is 293 g/mol. The SMILES string of the molecule is CNC(=O)Cc1ccc(B2OC(C)(C)C(C)(C)O2)cc1F. The van der Waals surface area contributed by atoms with Crippen LogP contribution in [0.1, 0.15) is 33.3 Å². The third kappa shape index (κ3) is 3.11. The molecule has 1 saturated heterocycles. The zero-order chi connectivity index (χ0) is 15.8. The predicted molar refractivity (Wildman–Crippen MR) is 79.9 cm³/mol. The second kappa shape index (κ2) is 5.42. The van der Waals surface area contributed by atoms with Gasteiger partial charge in [0.15, 0.2) is 0 Å². The number of nitrogens with one attached hydrogen (secondary N) is 1. The summed E-state index contributed by atoms with van der Waals surface area (Å²) in [5.41, 5.74) is 0.0468. The van der Waals surface area contributed by atoms with Gasteiger partial charge in [-0.2, -0.15) is 0 Å². The van der Waals surface area contributed by atoms with Crippen molar-refractivity contribution >= 4 is 18.5 Å². The van der Waals surface area contributed by atoms with Gasteiger partial charge in [0.25, 0.3) is 0 Å². The Labute approximate surface area is 125 Å². The topological polar surface area (TPSA) is 47.6 Å². The Bertz CT molecular complexity index is 544. The second-order valence-electron chi connectivity index (χ2n) is 6.29. The molecule has 1 N–H and O–H groups in total. The van der Waals surface area contributed by atoms with Crippen LogP contribution >= 0.6 is 0 Å². The van der Waals surface area contributed by atoms with Crippen LogP contribution in [0, 0.1) is 5.82 Å². The van der Waals surface area contributed by atoms with Gasteiger partial charge in [0.05, 0.1) is 17.6 Å². The van der Waals surface area contributed by atoms with E-state index in [-0.39, 0.29) is 12.3 Å². The molecule has 0 aromatic heterocycles. The Morgan fingerprint density at radius 2 is 1.81 bits per heavy atom. The Kier molecular flexibility index (Phi) is 4.13. The molecular weight excluding hydrogens is 272 g/mol. The lowest BCUT2D eigenvalue weighted by molar-refractivity contribution is -0.120. The summed E-state index contributed by atoms with van der Waals surface area (Å²) in [7, 11) is 0.928. The highest BCUT2D eigenvalue weighted by molar-refractivity contribution is 6.62. The Morgan fingerprint density at radius 1 is 1.24 bits per heavy atom. The molecular formula is C15H21BFNO3. The van der Waals surface area contributed by atoms with Crippen molar-refractivity contribution in [3.8, 4) is 0 Å². The summed E-state index contributed by atoms with van der Waals surface area (Å²) >= 11 is 0. The number of hydrogen-bond donors (Lipinski definition) is 1. The van der Waals surface area contributed by atoms with Gasteiger partial charge >= 0.3 is 7.12 Å². The van der Waals surface area contributed by atoms with Gasteiger partial charge in [-0.05, 0) is 44.8 Å². The Hall–Kier alpha value is -1.40. The van der Waals surface area contributed by atoms with Gasteiger partial charge in [-0.1, -0.05) is 12.1 Å². The first kappa shape index (κ1) is 16.0. The van der Waals surface area contributed by atoms with Crippen LogP contribution in [-0.2, 0) is 20.5 Å². The van der Waals surface area contributed by atoms with Gasteiger partial charge in [0.2, 0.25) is 5.91 Å².